The van der Waals surface area contributed by atoms with E-state index in [4.69, 9.17) is 0 Å². The standard InChI is InChI=1S/C11H8F.K/c12-11-7-5-10(6-8-11)9-3-1-2-4-9;/h1-8H;/q-1;+1. The number of hydrogen-bond acceptors (Lipinski definition) is 0. The molecule has 0 N–H and O–H groups in total. The van der Waals surface area contributed by atoms with Crippen LogP contribution in [-0.2, 0) is 0 Å². The molecule has 0 unspecified atom stereocenters. The Labute approximate surface area is 120 Å². The van der Waals surface area contributed by atoms with E-state index in [1.165, 1.54) is 12.1 Å². The Morgan fingerprint density at radius 2 is 1.46 bits per heavy atom. The second-order valence-electron chi connectivity index (χ2n) is 2.68. The van der Waals surface area contributed by atoms with Crippen molar-refractivity contribution in [2.75, 3.05) is 0 Å². The molecule has 0 aliphatic carbocycles. The number of hydrogen-bond donors (Lipinski definition) is 0. The van der Waals surface area contributed by atoms with Gasteiger partial charge in [0.2, 0.25) is 0 Å². The van der Waals surface area contributed by atoms with Crippen molar-refractivity contribution in [2.45, 2.75) is 0 Å². The van der Waals surface area contributed by atoms with E-state index < -0.39 is 0 Å². The quantitative estimate of drug-likeness (QED) is 0.454. The van der Waals surface area contributed by atoms with E-state index >= 15 is 0 Å². The van der Waals surface area contributed by atoms with Gasteiger partial charge in [0.25, 0.3) is 0 Å². The molecule has 2 heteroatoms. The van der Waals surface area contributed by atoms with Crippen molar-refractivity contribution in [1.29, 1.82) is 0 Å². The molecular weight excluding hydrogens is 190 g/mol. The zero-order chi connectivity index (χ0) is 8.39. The zero-order valence-electron chi connectivity index (χ0n) is 7.50. The van der Waals surface area contributed by atoms with E-state index in [0.29, 0.717) is 0 Å². The normalized spacial score (nSPS) is 9.31. The maximum Gasteiger partial charge on any atom is 1.00 e. The summed E-state index contributed by atoms with van der Waals surface area (Å²) >= 11 is 0. The molecule has 0 saturated carbocycles. The van der Waals surface area contributed by atoms with Crippen LogP contribution in [0.2, 0.25) is 0 Å². The number of rotatable bonds is 1. The first-order valence-corrected chi connectivity index (χ1v) is 3.84. The molecule has 2 aromatic rings. The van der Waals surface area contributed by atoms with Crippen LogP contribution >= 0.6 is 0 Å². The summed E-state index contributed by atoms with van der Waals surface area (Å²) in [6.45, 7) is 0. The summed E-state index contributed by atoms with van der Waals surface area (Å²) in [5.74, 6) is -0.190. The molecule has 0 heterocycles. The summed E-state index contributed by atoms with van der Waals surface area (Å²) in [6, 6.07) is 14.5. The average Bonchev–Trinajstić information content (AvgIpc) is 2.58. The summed E-state index contributed by atoms with van der Waals surface area (Å²) in [6.07, 6.45) is 0. The molecule has 2 aromatic carbocycles. The predicted octanol–water partition coefficient (Wildman–Crippen LogP) is 0.216. The van der Waals surface area contributed by atoms with E-state index in [9.17, 15) is 4.39 Å². The minimum absolute atomic E-state index is 0. The van der Waals surface area contributed by atoms with Crippen molar-refractivity contribution in [2.24, 2.45) is 0 Å². The van der Waals surface area contributed by atoms with Gasteiger partial charge >= 0.3 is 51.4 Å². The second kappa shape index (κ2) is 5.13. The third-order valence-corrected chi connectivity index (χ3v) is 1.84. The van der Waals surface area contributed by atoms with Crippen LogP contribution in [0.1, 0.15) is 0 Å². The van der Waals surface area contributed by atoms with Gasteiger partial charge in [-0.3, -0.25) is 0 Å². The summed E-state index contributed by atoms with van der Waals surface area (Å²) in [5, 5.41) is 0. The van der Waals surface area contributed by atoms with Crippen LogP contribution in [0.3, 0.4) is 0 Å². The van der Waals surface area contributed by atoms with Gasteiger partial charge in [-0.2, -0.15) is 12.1 Å². The maximum absolute atomic E-state index is 12.5. The van der Waals surface area contributed by atoms with Crippen LogP contribution in [0, 0.1) is 5.82 Å². The molecule has 0 aliphatic heterocycles. The van der Waals surface area contributed by atoms with Crippen LogP contribution in [0.25, 0.3) is 11.1 Å². The fourth-order valence-corrected chi connectivity index (χ4v) is 1.21. The molecule has 60 valence electrons. The molecule has 13 heavy (non-hydrogen) atoms. The van der Waals surface area contributed by atoms with Gasteiger partial charge in [0.15, 0.2) is 0 Å². The van der Waals surface area contributed by atoms with E-state index in [-0.39, 0.29) is 57.2 Å². The molecule has 0 amide bonds. The number of benzene rings is 1. The summed E-state index contributed by atoms with van der Waals surface area (Å²) in [5.41, 5.74) is 2.19. The van der Waals surface area contributed by atoms with Crippen molar-refractivity contribution in [3.8, 4) is 11.1 Å². The minimum Gasteiger partial charge on any atom is -0.208 e. The molecule has 0 radical (unpaired) electrons. The van der Waals surface area contributed by atoms with Crippen LogP contribution in [-0.4, -0.2) is 0 Å². The Morgan fingerprint density at radius 3 is 2.00 bits per heavy atom. The van der Waals surface area contributed by atoms with Crippen LogP contribution < -0.4 is 51.4 Å². The van der Waals surface area contributed by atoms with Crippen LogP contribution in [0.15, 0.2) is 48.5 Å². The van der Waals surface area contributed by atoms with Gasteiger partial charge < -0.3 is 0 Å². The Morgan fingerprint density at radius 1 is 0.923 bits per heavy atom. The second-order valence-corrected chi connectivity index (χ2v) is 2.68. The van der Waals surface area contributed by atoms with Crippen molar-refractivity contribution >= 4 is 0 Å². The summed E-state index contributed by atoms with van der Waals surface area (Å²) in [4.78, 5) is 0. The van der Waals surface area contributed by atoms with Crippen molar-refractivity contribution < 1.29 is 55.8 Å². The molecular formula is C11H8FK. The van der Waals surface area contributed by atoms with Gasteiger partial charge in [0, 0.05) is 0 Å². The number of halogens is 1. The molecule has 0 bridgehead atoms. The Kier molecular flexibility index (Phi) is 4.42. The van der Waals surface area contributed by atoms with E-state index in [0.717, 1.165) is 11.1 Å². The van der Waals surface area contributed by atoms with E-state index in [2.05, 4.69) is 0 Å². The fraction of sp³-hybridized carbons (Fsp3) is 0. The fourth-order valence-electron chi connectivity index (χ4n) is 1.21. The van der Waals surface area contributed by atoms with Crippen molar-refractivity contribution in [3.63, 3.8) is 0 Å². The van der Waals surface area contributed by atoms with E-state index in [1.807, 2.05) is 24.3 Å². The van der Waals surface area contributed by atoms with E-state index in [1.54, 1.807) is 12.1 Å². The monoisotopic (exact) mass is 198 g/mol. The largest absolute Gasteiger partial charge is 1.00 e. The minimum atomic E-state index is -0.190. The first kappa shape index (κ1) is 11.2. The van der Waals surface area contributed by atoms with Crippen molar-refractivity contribution in [3.05, 3.63) is 54.3 Å². The van der Waals surface area contributed by atoms with Gasteiger partial charge in [0.05, 0.1) is 0 Å². The molecule has 0 aromatic heterocycles. The Hall–Kier alpha value is 0.136. The Balaban J connectivity index is 0.000000845. The first-order chi connectivity index (χ1) is 5.86. The van der Waals surface area contributed by atoms with Gasteiger partial charge in [-0.1, -0.05) is 17.7 Å². The molecule has 0 atom stereocenters. The SMILES string of the molecule is Fc1ccc(-[c-]2cccc2)cc1.[K+]. The van der Waals surface area contributed by atoms with Gasteiger partial charge in [-0.15, -0.1) is 29.8 Å². The zero-order valence-corrected chi connectivity index (χ0v) is 10.6. The van der Waals surface area contributed by atoms with Crippen molar-refractivity contribution in [1.82, 2.24) is 0 Å². The molecule has 0 spiro atoms. The molecule has 0 fully saturated rings. The van der Waals surface area contributed by atoms with Gasteiger partial charge in [-0.25, -0.2) is 4.39 Å². The predicted molar refractivity (Wildman–Crippen MR) is 47.4 cm³/mol. The smallest absolute Gasteiger partial charge is 0.208 e. The van der Waals surface area contributed by atoms with Gasteiger partial charge in [0.1, 0.15) is 5.82 Å². The first-order valence-electron chi connectivity index (χ1n) is 3.84. The van der Waals surface area contributed by atoms with Crippen LogP contribution in [0.4, 0.5) is 4.39 Å². The average molecular weight is 198 g/mol. The Bertz CT molecular complexity index is 348. The molecule has 0 aliphatic rings. The summed E-state index contributed by atoms with van der Waals surface area (Å²) < 4.78 is 12.5. The maximum atomic E-state index is 12.5. The third kappa shape index (κ3) is 2.79. The van der Waals surface area contributed by atoms with Crippen LogP contribution in [0.5, 0.6) is 0 Å². The molecule has 0 saturated heterocycles. The summed E-state index contributed by atoms with van der Waals surface area (Å²) in [7, 11) is 0. The molecule has 2 rings (SSSR count). The third-order valence-electron chi connectivity index (χ3n) is 1.84. The van der Waals surface area contributed by atoms with Gasteiger partial charge in [-0.05, 0) is 0 Å². The topological polar surface area (TPSA) is 0 Å². The molecule has 0 nitrogen and oxygen atoms in total.